The molecule has 172 valence electrons. The molecule has 2 unspecified atom stereocenters. The molecular weight excluding hydrogens is 418 g/mol. The van der Waals surface area contributed by atoms with Crippen LogP contribution in [0.15, 0.2) is 104 Å². The van der Waals surface area contributed by atoms with Crippen molar-refractivity contribution in [3.8, 4) is 0 Å². The number of amides is 1. The van der Waals surface area contributed by atoms with E-state index in [-0.39, 0.29) is 11.8 Å². The van der Waals surface area contributed by atoms with Crippen molar-refractivity contribution in [3.63, 3.8) is 0 Å². The van der Waals surface area contributed by atoms with Crippen molar-refractivity contribution in [2.24, 2.45) is 11.7 Å². The maximum atomic E-state index is 13.3. The Bertz CT molecular complexity index is 1210. The number of imidazole rings is 1. The Kier molecular flexibility index (Phi) is 6.06. The van der Waals surface area contributed by atoms with Crippen molar-refractivity contribution < 1.29 is 9.36 Å². The van der Waals surface area contributed by atoms with Gasteiger partial charge in [0.15, 0.2) is 0 Å². The van der Waals surface area contributed by atoms with Crippen LogP contribution >= 0.6 is 0 Å². The summed E-state index contributed by atoms with van der Waals surface area (Å²) in [6.45, 7) is 3.02. The molecule has 2 N–H and O–H groups in total. The van der Waals surface area contributed by atoms with Gasteiger partial charge in [-0.1, -0.05) is 91.0 Å². The summed E-state index contributed by atoms with van der Waals surface area (Å²) in [7, 11) is 0. The Hall–Kier alpha value is -3.66. The molecule has 1 aliphatic rings. The molecule has 0 bridgehead atoms. The number of hydrogen-bond acceptors (Lipinski definition) is 1. The zero-order valence-corrected chi connectivity index (χ0v) is 19.7. The van der Waals surface area contributed by atoms with Gasteiger partial charge in [0.05, 0.1) is 0 Å². The van der Waals surface area contributed by atoms with Gasteiger partial charge in [-0.3, -0.25) is 4.79 Å². The number of nitrogens with two attached hydrogens (primary N) is 1. The number of aromatic nitrogens is 2. The molecule has 1 heterocycles. The molecule has 0 spiro atoms. The Morgan fingerprint density at radius 2 is 1.47 bits per heavy atom. The quantitative estimate of drug-likeness (QED) is 0.398. The van der Waals surface area contributed by atoms with Gasteiger partial charge in [0, 0.05) is 6.92 Å². The van der Waals surface area contributed by atoms with Crippen LogP contribution in [0.3, 0.4) is 0 Å². The Labute approximate surface area is 201 Å². The Balaban J connectivity index is 1.47. The van der Waals surface area contributed by atoms with E-state index < -0.39 is 5.41 Å². The summed E-state index contributed by atoms with van der Waals surface area (Å²) < 4.78 is 4.65. The van der Waals surface area contributed by atoms with E-state index in [1.807, 2.05) is 36.4 Å². The first-order chi connectivity index (χ1) is 16.6. The van der Waals surface area contributed by atoms with Crippen LogP contribution in [-0.2, 0) is 16.8 Å². The lowest BCUT2D eigenvalue weighted by atomic mass is 9.64. The fourth-order valence-electron chi connectivity index (χ4n) is 5.87. The second-order valence-electron chi connectivity index (χ2n) is 9.51. The van der Waals surface area contributed by atoms with Crippen LogP contribution in [0.1, 0.15) is 47.7 Å². The van der Waals surface area contributed by atoms with E-state index in [0.29, 0.717) is 6.04 Å². The van der Waals surface area contributed by atoms with Crippen molar-refractivity contribution in [2.45, 2.75) is 44.2 Å². The standard InChI is InChI=1S/C30H31N3O/c1-23-20-33(22-32(23)21-24-11-5-2-6-12-24)28-18-17-27(19-28)30(29(31)34,25-13-7-3-8-14-25)26-15-9-4-10-16-26/h2-16,20,22,27-28H,17-19,21H2,1H3,(H-,31,34)/p+1. The van der Waals surface area contributed by atoms with Gasteiger partial charge in [-0.2, -0.15) is 0 Å². The topological polar surface area (TPSA) is 51.9 Å². The molecule has 0 saturated heterocycles. The molecule has 34 heavy (non-hydrogen) atoms. The first-order valence-electron chi connectivity index (χ1n) is 12.1. The fourth-order valence-corrected chi connectivity index (χ4v) is 5.87. The minimum Gasteiger partial charge on any atom is -0.369 e. The van der Waals surface area contributed by atoms with Crippen molar-refractivity contribution in [1.82, 2.24) is 4.57 Å². The molecule has 1 aromatic heterocycles. The molecule has 1 saturated carbocycles. The summed E-state index contributed by atoms with van der Waals surface area (Å²) >= 11 is 0. The van der Waals surface area contributed by atoms with Gasteiger partial charge in [-0.15, -0.1) is 0 Å². The summed E-state index contributed by atoms with van der Waals surface area (Å²) in [5.74, 6) is -0.136. The minimum absolute atomic E-state index is 0.130. The molecule has 3 aromatic carbocycles. The maximum Gasteiger partial charge on any atom is 0.244 e. The second kappa shape index (κ2) is 9.30. The number of rotatable bonds is 7. The van der Waals surface area contributed by atoms with Crippen LogP contribution in [0.2, 0.25) is 0 Å². The van der Waals surface area contributed by atoms with E-state index >= 15 is 0 Å². The molecule has 4 aromatic rings. The van der Waals surface area contributed by atoms with E-state index in [1.165, 1.54) is 11.3 Å². The SMILES string of the molecule is Cc1c[n+](C2CCC(C(C(N)=O)(c3ccccc3)c3ccccc3)C2)cn1Cc1ccccc1. The summed E-state index contributed by atoms with van der Waals surface area (Å²) in [5.41, 5.74) is 9.93. The van der Waals surface area contributed by atoms with Gasteiger partial charge in [0.25, 0.3) is 0 Å². The predicted octanol–water partition coefficient (Wildman–Crippen LogP) is 4.95. The number of carbonyl (C=O) groups excluding carboxylic acids is 1. The molecule has 0 radical (unpaired) electrons. The molecule has 1 amide bonds. The number of primary amides is 1. The molecule has 1 fully saturated rings. The van der Waals surface area contributed by atoms with Crippen LogP contribution in [0.25, 0.3) is 0 Å². The van der Waals surface area contributed by atoms with Crippen molar-refractivity contribution in [2.75, 3.05) is 0 Å². The average molecular weight is 451 g/mol. The minimum atomic E-state index is -0.834. The first-order valence-corrected chi connectivity index (χ1v) is 12.1. The van der Waals surface area contributed by atoms with Gasteiger partial charge in [-0.05, 0) is 41.9 Å². The summed E-state index contributed by atoms with van der Waals surface area (Å²) in [5, 5.41) is 0. The number of benzene rings is 3. The predicted molar refractivity (Wildman–Crippen MR) is 134 cm³/mol. The van der Waals surface area contributed by atoms with Gasteiger partial charge in [0.1, 0.15) is 29.9 Å². The largest absolute Gasteiger partial charge is 0.369 e. The number of nitrogens with zero attached hydrogens (tertiary/aromatic N) is 2. The summed E-state index contributed by atoms with van der Waals surface area (Å²) in [4.78, 5) is 13.3. The normalized spacial score (nSPS) is 18.1. The van der Waals surface area contributed by atoms with Crippen molar-refractivity contribution in [3.05, 3.63) is 126 Å². The molecule has 5 rings (SSSR count). The van der Waals surface area contributed by atoms with Gasteiger partial charge < -0.3 is 5.73 Å². The first kappa shape index (κ1) is 22.1. The third-order valence-electron chi connectivity index (χ3n) is 7.54. The highest BCUT2D eigenvalue weighted by Gasteiger charge is 2.50. The van der Waals surface area contributed by atoms with Crippen LogP contribution in [0.4, 0.5) is 0 Å². The Morgan fingerprint density at radius 3 is 2.03 bits per heavy atom. The number of hydrogen-bond donors (Lipinski definition) is 1. The third kappa shape index (κ3) is 3.94. The summed E-state index contributed by atoms with van der Waals surface area (Å²) in [6.07, 6.45) is 7.36. The molecular formula is C30H32N3O+. The molecule has 4 nitrogen and oxygen atoms in total. The van der Waals surface area contributed by atoms with Gasteiger partial charge in [0.2, 0.25) is 12.2 Å². The molecule has 2 atom stereocenters. The van der Waals surface area contributed by atoms with Crippen LogP contribution in [0, 0.1) is 12.8 Å². The van der Waals surface area contributed by atoms with E-state index in [0.717, 1.165) is 36.9 Å². The fraction of sp³-hybridized carbons (Fsp3) is 0.267. The Morgan fingerprint density at radius 1 is 0.912 bits per heavy atom. The van der Waals surface area contributed by atoms with Crippen LogP contribution in [0.5, 0.6) is 0 Å². The van der Waals surface area contributed by atoms with Crippen molar-refractivity contribution in [1.29, 1.82) is 0 Å². The average Bonchev–Trinajstić information content (AvgIpc) is 3.49. The lowest BCUT2D eigenvalue weighted by Crippen LogP contribution is -2.48. The second-order valence-corrected chi connectivity index (χ2v) is 9.51. The van der Waals surface area contributed by atoms with E-state index in [9.17, 15) is 4.79 Å². The lowest BCUT2D eigenvalue weighted by Gasteiger charge is -2.37. The van der Waals surface area contributed by atoms with Gasteiger partial charge in [-0.25, -0.2) is 9.13 Å². The number of aryl methyl sites for hydroxylation is 1. The van der Waals surface area contributed by atoms with E-state index in [2.05, 4.69) is 83.2 Å². The van der Waals surface area contributed by atoms with Crippen LogP contribution in [-0.4, -0.2) is 10.5 Å². The highest BCUT2D eigenvalue weighted by Crippen LogP contribution is 2.48. The summed E-state index contributed by atoms with van der Waals surface area (Å²) in [6, 6.07) is 31.1. The van der Waals surface area contributed by atoms with Gasteiger partial charge >= 0.3 is 0 Å². The monoisotopic (exact) mass is 450 g/mol. The highest BCUT2D eigenvalue weighted by atomic mass is 16.1. The zero-order valence-electron chi connectivity index (χ0n) is 19.7. The zero-order chi connectivity index (χ0) is 23.5. The smallest absolute Gasteiger partial charge is 0.244 e. The van der Waals surface area contributed by atoms with E-state index in [4.69, 9.17) is 5.73 Å². The highest BCUT2D eigenvalue weighted by molar-refractivity contribution is 5.91. The third-order valence-corrected chi connectivity index (χ3v) is 7.54. The van der Waals surface area contributed by atoms with E-state index in [1.54, 1.807) is 0 Å². The molecule has 4 heteroatoms. The van der Waals surface area contributed by atoms with Crippen LogP contribution < -0.4 is 10.3 Å². The number of carbonyl (C=O) groups is 1. The van der Waals surface area contributed by atoms with Crippen molar-refractivity contribution >= 4 is 5.91 Å². The molecule has 1 aliphatic carbocycles. The molecule has 0 aliphatic heterocycles. The maximum absolute atomic E-state index is 13.3. The lowest BCUT2D eigenvalue weighted by molar-refractivity contribution is -0.721.